The van der Waals surface area contributed by atoms with Crippen molar-refractivity contribution in [2.75, 3.05) is 13.2 Å². The first-order valence-electron chi connectivity index (χ1n) is 6.10. The molecular weight excluding hydrogens is 273 g/mol. The third kappa shape index (κ3) is 3.65. The van der Waals surface area contributed by atoms with Crippen LogP contribution in [0.1, 0.15) is 24.5 Å². The van der Waals surface area contributed by atoms with E-state index in [4.69, 9.17) is 16.3 Å². The number of hydrogen-bond donors (Lipinski definition) is 2. The molecule has 2 rings (SSSR count). The van der Waals surface area contributed by atoms with Gasteiger partial charge in [-0.1, -0.05) is 17.7 Å². The Labute approximate surface area is 115 Å². The molecular formula is C13H15ClFNO3. The minimum Gasteiger partial charge on any atom is -0.387 e. The molecule has 0 spiro atoms. The summed E-state index contributed by atoms with van der Waals surface area (Å²) in [5, 5.41) is 12.4. The van der Waals surface area contributed by atoms with Crippen LogP contribution in [-0.4, -0.2) is 30.3 Å². The zero-order valence-electron chi connectivity index (χ0n) is 10.2. The Balaban J connectivity index is 1.88. The molecule has 104 valence electrons. The van der Waals surface area contributed by atoms with Crippen LogP contribution in [0.15, 0.2) is 18.2 Å². The van der Waals surface area contributed by atoms with Crippen molar-refractivity contribution in [1.82, 2.24) is 5.32 Å². The van der Waals surface area contributed by atoms with Crippen molar-refractivity contribution in [3.8, 4) is 0 Å². The van der Waals surface area contributed by atoms with E-state index in [1.807, 2.05) is 0 Å². The SMILES string of the molecule is O=C(NCC(O)c1ccc(Cl)c(F)c1)C1CCCO1. The van der Waals surface area contributed by atoms with Crippen LogP contribution < -0.4 is 5.32 Å². The summed E-state index contributed by atoms with van der Waals surface area (Å²) in [4.78, 5) is 11.7. The number of hydrogen-bond acceptors (Lipinski definition) is 3. The van der Waals surface area contributed by atoms with Crippen LogP contribution >= 0.6 is 11.6 Å². The van der Waals surface area contributed by atoms with Gasteiger partial charge < -0.3 is 15.2 Å². The molecule has 0 aromatic heterocycles. The van der Waals surface area contributed by atoms with E-state index in [1.165, 1.54) is 12.1 Å². The largest absolute Gasteiger partial charge is 0.387 e. The van der Waals surface area contributed by atoms with Crippen molar-refractivity contribution in [1.29, 1.82) is 0 Å². The van der Waals surface area contributed by atoms with Gasteiger partial charge in [0, 0.05) is 13.2 Å². The van der Waals surface area contributed by atoms with Crippen LogP contribution in [0.4, 0.5) is 4.39 Å². The van der Waals surface area contributed by atoms with Gasteiger partial charge in [-0.2, -0.15) is 0 Å². The van der Waals surface area contributed by atoms with Gasteiger partial charge in [0.05, 0.1) is 11.1 Å². The normalized spacial score (nSPS) is 20.3. The van der Waals surface area contributed by atoms with Crippen LogP contribution in [0, 0.1) is 5.82 Å². The maximum absolute atomic E-state index is 13.2. The maximum Gasteiger partial charge on any atom is 0.249 e. The molecule has 19 heavy (non-hydrogen) atoms. The molecule has 0 bridgehead atoms. The lowest BCUT2D eigenvalue weighted by Gasteiger charge is -2.15. The third-order valence-corrected chi connectivity index (χ3v) is 3.33. The van der Waals surface area contributed by atoms with E-state index >= 15 is 0 Å². The van der Waals surface area contributed by atoms with Crippen LogP contribution in [0.5, 0.6) is 0 Å². The highest BCUT2D eigenvalue weighted by Gasteiger charge is 2.23. The van der Waals surface area contributed by atoms with Crippen LogP contribution in [0.2, 0.25) is 5.02 Å². The van der Waals surface area contributed by atoms with Gasteiger partial charge in [-0.05, 0) is 30.5 Å². The predicted octanol–water partition coefficient (Wildman–Crippen LogP) is 1.81. The number of rotatable bonds is 4. The lowest BCUT2D eigenvalue weighted by molar-refractivity contribution is -0.130. The van der Waals surface area contributed by atoms with E-state index in [9.17, 15) is 14.3 Å². The highest BCUT2D eigenvalue weighted by molar-refractivity contribution is 6.30. The molecule has 1 aromatic carbocycles. The monoisotopic (exact) mass is 287 g/mol. The van der Waals surface area contributed by atoms with Gasteiger partial charge in [-0.3, -0.25) is 4.79 Å². The number of benzene rings is 1. The Morgan fingerprint density at radius 3 is 3.05 bits per heavy atom. The van der Waals surface area contributed by atoms with Gasteiger partial charge >= 0.3 is 0 Å². The quantitative estimate of drug-likeness (QED) is 0.888. The number of ether oxygens (including phenoxy) is 1. The van der Waals surface area contributed by atoms with Crippen molar-refractivity contribution in [2.45, 2.75) is 25.0 Å². The molecule has 1 fully saturated rings. The topological polar surface area (TPSA) is 58.6 Å². The molecule has 1 aliphatic heterocycles. The second kappa shape index (κ2) is 6.32. The highest BCUT2D eigenvalue weighted by Crippen LogP contribution is 2.20. The van der Waals surface area contributed by atoms with Gasteiger partial charge in [0.2, 0.25) is 5.91 Å². The standard InChI is InChI=1S/C13H15ClFNO3/c14-9-4-3-8(6-10(9)15)11(17)7-16-13(18)12-2-1-5-19-12/h3-4,6,11-12,17H,1-2,5,7H2,(H,16,18). The van der Waals surface area contributed by atoms with Crippen molar-refractivity contribution < 1.29 is 19.0 Å². The average Bonchev–Trinajstić information content (AvgIpc) is 2.92. The summed E-state index contributed by atoms with van der Waals surface area (Å²) >= 11 is 5.56. The number of nitrogens with one attached hydrogen (secondary N) is 1. The molecule has 0 saturated carbocycles. The van der Waals surface area contributed by atoms with Crippen LogP contribution in [0.25, 0.3) is 0 Å². The molecule has 6 heteroatoms. The molecule has 2 N–H and O–H groups in total. The first kappa shape index (κ1) is 14.2. The fraction of sp³-hybridized carbons (Fsp3) is 0.462. The van der Waals surface area contributed by atoms with Crippen molar-refractivity contribution in [3.05, 3.63) is 34.6 Å². The number of aliphatic hydroxyl groups is 1. The summed E-state index contributed by atoms with van der Waals surface area (Å²) in [7, 11) is 0. The minimum atomic E-state index is -0.975. The van der Waals surface area contributed by atoms with Gasteiger partial charge in [0.1, 0.15) is 11.9 Å². The summed E-state index contributed by atoms with van der Waals surface area (Å²) in [6.45, 7) is 0.600. The smallest absolute Gasteiger partial charge is 0.249 e. The lowest BCUT2D eigenvalue weighted by Crippen LogP contribution is -2.36. The van der Waals surface area contributed by atoms with Crippen molar-refractivity contribution in [3.63, 3.8) is 0 Å². The summed E-state index contributed by atoms with van der Waals surface area (Å²) < 4.78 is 18.5. The van der Waals surface area contributed by atoms with Gasteiger partial charge in [0.25, 0.3) is 0 Å². The summed E-state index contributed by atoms with van der Waals surface area (Å²) in [6.07, 6.45) is 0.145. The fourth-order valence-corrected chi connectivity index (χ4v) is 2.05. The Hall–Kier alpha value is -1.17. The summed E-state index contributed by atoms with van der Waals surface area (Å²) in [5.74, 6) is -0.838. The van der Waals surface area contributed by atoms with Gasteiger partial charge in [-0.15, -0.1) is 0 Å². The van der Waals surface area contributed by atoms with Gasteiger partial charge in [0.15, 0.2) is 0 Å². The van der Waals surface area contributed by atoms with Crippen LogP contribution in [0.3, 0.4) is 0 Å². The number of carbonyl (C=O) groups is 1. The molecule has 0 aliphatic carbocycles. The Morgan fingerprint density at radius 2 is 2.42 bits per heavy atom. The first-order chi connectivity index (χ1) is 9.08. The van der Waals surface area contributed by atoms with E-state index in [-0.39, 0.29) is 17.5 Å². The predicted molar refractivity (Wildman–Crippen MR) is 68.4 cm³/mol. The molecule has 2 atom stereocenters. The fourth-order valence-electron chi connectivity index (χ4n) is 1.93. The van der Waals surface area contributed by atoms with E-state index < -0.39 is 18.0 Å². The molecule has 1 saturated heterocycles. The molecule has 1 heterocycles. The number of aliphatic hydroxyl groups excluding tert-OH is 1. The van der Waals surface area contributed by atoms with Crippen LogP contribution in [-0.2, 0) is 9.53 Å². The molecule has 0 radical (unpaired) electrons. The number of carbonyl (C=O) groups excluding carboxylic acids is 1. The maximum atomic E-state index is 13.2. The second-order valence-electron chi connectivity index (χ2n) is 4.44. The second-order valence-corrected chi connectivity index (χ2v) is 4.84. The summed E-state index contributed by atoms with van der Waals surface area (Å²) in [5.41, 5.74) is 0.370. The number of halogens is 2. The molecule has 4 nitrogen and oxygen atoms in total. The minimum absolute atomic E-state index is 0.000610. The van der Waals surface area contributed by atoms with E-state index in [1.54, 1.807) is 0 Å². The summed E-state index contributed by atoms with van der Waals surface area (Å²) in [6, 6.07) is 4.05. The Morgan fingerprint density at radius 1 is 1.63 bits per heavy atom. The molecule has 2 unspecified atom stereocenters. The molecule has 1 amide bonds. The van der Waals surface area contributed by atoms with Crippen molar-refractivity contribution in [2.24, 2.45) is 0 Å². The van der Waals surface area contributed by atoms with E-state index in [0.717, 1.165) is 12.5 Å². The van der Waals surface area contributed by atoms with E-state index in [2.05, 4.69) is 5.32 Å². The third-order valence-electron chi connectivity index (χ3n) is 3.02. The lowest BCUT2D eigenvalue weighted by atomic mass is 10.1. The number of amides is 1. The Bertz CT molecular complexity index is 463. The first-order valence-corrected chi connectivity index (χ1v) is 6.48. The zero-order valence-corrected chi connectivity index (χ0v) is 11.0. The zero-order chi connectivity index (χ0) is 13.8. The van der Waals surface area contributed by atoms with Gasteiger partial charge in [-0.25, -0.2) is 4.39 Å². The molecule has 1 aromatic rings. The van der Waals surface area contributed by atoms with Crippen molar-refractivity contribution >= 4 is 17.5 Å². The highest BCUT2D eigenvalue weighted by atomic mass is 35.5. The average molecular weight is 288 g/mol. The molecule has 1 aliphatic rings. The Kier molecular flexibility index (Phi) is 4.74. The van der Waals surface area contributed by atoms with E-state index in [0.29, 0.717) is 18.6 Å².